The highest BCUT2D eigenvalue weighted by Crippen LogP contribution is 2.18. The van der Waals surface area contributed by atoms with Crippen LogP contribution in [0.1, 0.15) is 10.4 Å². The number of hydrogen-bond donors (Lipinski definition) is 0. The zero-order valence-electron chi connectivity index (χ0n) is 13.9. The number of hydrogen-bond acceptors (Lipinski definition) is 4. The van der Waals surface area contributed by atoms with Crippen molar-refractivity contribution in [2.45, 2.75) is 0 Å². The summed E-state index contributed by atoms with van der Waals surface area (Å²) in [5.41, 5.74) is 0.438. The smallest absolute Gasteiger partial charge is 0.343 e. The molecule has 0 amide bonds. The summed E-state index contributed by atoms with van der Waals surface area (Å²) in [7, 11) is 0. The summed E-state index contributed by atoms with van der Waals surface area (Å²) in [4.78, 5) is 12.1. The van der Waals surface area contributed by atoms with E-state index in [9.17, 15) is 4.79 Å². The van der Waals surface area contributed by atoms with E-state index in [-0.39, 0.29) is 0 Å². The molecule has 3 rings (SSSR count). The number of carbonyl (C=O) groups excluding carboxylic acids is 1. The van der Waals surface area contributed by atoms with E-state index in [0.29, 0.717) is 35.3 Å². The summed E-state index contributed by atoms with van der Waals surface area (Å²) in [5, 5.41) is 0.586. The molecular formula is C21H17ClO4. The predicted octanol–water partition coefficient (Wildman–Crippen LogP) is 5.02. The quantitative estimate of drug-likeness (QED) is 0.334. The molecule has 0 bridgehead atoms. The van der Waals surface area contributed by atoms with Crippen LogP contribution in [0.3, 0.4) is 0 Å². The molecule has 132 valence electrons. The first-order valence-electron chi connectivity index (χ1n) is 8.09. The van der Waals surface area contributed by atoms with Crippen LogP contribution in [0.2, 0.25) is 5.02 Å². The van der Waals surface area contributed by atoms with E-state index in [2.05, 4.69) is 0 Å². The maximum Gasteiger partial charge on any atom is 0.343 e. The van der Waals surface area contributed by atoms with Crippen molar-refractivity contribution in [2.24, 2.45) is 0 Å². The van der Waals surface area contributed by atoms with E-state index in [1.807, 2.05) is 30.3 Å². The van der Waals surface area contributed by atoms with Gasteiger partial charge in [0.05, 0.1) is 5.56 Å². The van der Waals surface area contributed by atoms with Crippen LogP contribution in [0.25, 0.3) is 0 Å². The first-order chi connectivity index (χ1) is 12.7. The molecule has 0 unspecified atom stereocenters. The van der Waals surface area contributed by atoms with Gasteiger partial charge in [0.15, 0.2) is 0 Å². The Morgan fingerprint density at radius 2 is 1.23 bits per heavy atom. The highest BCUT2D eigenvalue weighted by molar-refractivity contribution is 6.30. The topological polar surface area (TPSA) is 44.8 Å². The Kier molecular flexibility index (Phi) is 6.12. The monoisotopic (exact) mass is 368 g/mol. The van der Waals surface area contributed by atoms with Crippen molar-refractivity contribution in [3.8, 4) is 17.2 Å². The summed E-state index contributed by atoms with van der Waals surface area (Å²) in [5.74, 6) is 1.46. The standard InChI is InChI=1S/C21H17ClO4/c22-17-8-12-20(13-9-17)26-21(23)16-6-10-19(11-7-16)25-15-14-24-18-4-2-1-3-5-18/h1-13H,14-15H2. The lowest BCUT2D eigenvalue weighted by Gasteiger charge is -2.09. The molecule has 26 heavy (non-hydrogen) atoms. The second-order valence-corrected chi connectivity index (χ2v) is 5.81. The summed E-state index contributed by atoms with van der Waals surface area (Å²) < 4.78 is 16.4. The Bertz CT molecular complexity index is 830. The van der Waals surface area contributed by atoms with Gasteiger partial charge in [0.1, 0.15) is 30.5 Å². The Balaban J connectivity index is 1.46. The number of esters is 1. The SMILES string of the molecule is O=C(Oc1ccc(Cl)cc1)c1ccc(OCCOc2ccccc2)cc1. The van der Waals surface area contributed by atoms with Crippen molar-refractivity contribution >= 4 is 17.6 Å². The van der Waals surface area contributed by atoms with Crippen molar-refractivity contribution in [1.29, 1.82) is 0 Å². The minimum atomic E-state index is -0.439. The highest BCUT2D eigenvalue weighted by Gasteiger charge is 2.08. The van der Waals surface area contributed by atoms with E-state index in [1.54, 1.807) is 48.5 Å². The van der Waals surface area contributed by atoms with Gasteiger partial charge in [-0.25, -0.2) is 4.79 Å². The van der Waals surface area contributed by atoms with Crippen molar-refractivity contribution < 1.29 is 19.0 Å². The normalized spacial score (nSPS) is 10.2. The van der Waals surface area contributed by atoms with Gasteiger partial charge in [-0.2, -0.15) is 0 Å². The lowest BCUT2D eigenvalue weighted by molar-refractivity contribution is 0.0734. The number of benzene rings is 3. The molecule has 0 spiro atoms. The van der Waals surface area contributed by atoms with Crippen LogP contribution in [0.4, 0.5) is 0 Å². The van der Waals surface area contributed by atoms with Crippen LogP contribution in [0.15, 0.2) is 78.9 Å². The molecule has 0 aliphatic heterocycles. The van der Waals surface area contributed by atoms with Crippen molar-refractivity contribution in [3.63, 3.8) is 0 Å². The molecule has 0 atom stereocenters. The molecule has 0 saturated carbocycles. The fourth-order valence-electron chi connectivity index (χ4n) is 2.19. The molecular weight excluding hydrogens is 352 g/mol. The lowest BCUT2D eigenvalue weighted by atomic mass is 10.2. The van der Waals surface area contributed by atoms with Gasteiger partial charge in [-0.1, -0.05) is 29.8 Å². The molecule has 0 aromatic heterocycles. The minimum Gasteiger partial charge on any atom is -0.490 e. The second kappa shape index (κ2) is 8.92. The third-order valence-electron chi connectivity index (χ3n) is 3.48. The maximum atomic E-state index is 12.1. The largest absolute Gasteiger partial charge is 0.490 e. The number of carbonyl (C=O) groups is 1. The molecule has 0 radical (unpaired) electrons. The van der Waals surface area contributed by atoms with E-state index in [4.69, 9.17) is 25.8 Å². The highest BCUT2D eigenvalue weighted by atomic mass is 35.5. The van der Waals surface area contributed by atoms with Crippen LogP contribution in [0, 0.1) is 0 Å². The zero-order chi connectivity index (χ0) is 18.2. The fraction of sp³-hybridized carbons (Fsp3) is 0.0952. The summed E-state index contributed by atoms with van der Waals surface area (Å²) >= 11 is 5.81. The van der Waals surface area contributed by atoms with Gasteiger partial charge in [-0.3, -0.25) is 0 Å². The zero-order valence-corrected chi connectivity index (χ0v) is 14.7. The molecule has 3 aromatic carbocycles. The first kappa shape index (κ1) is 17.8. The van der Waals surface area contributed by atoms with Gasteiger partial charge in [0, 0.05) is 5.02 Å². The van der Waals surface area contributed by atoms with Crippen LogP contribution in [-0.2, 0) is 0 Å². The molecule has 0 aliphatic carbocycles. The molecule has 0 N–H and O–H groups in total. The van der Waals surface area contributed by atoms with Crippen LogP contribution in [0.5, 0.6) is 17.2 Å². The molecule has 0 aliphatic rings. The summed E-state index contributed by atoms with van der Waals surface area (Å²) in [6.07, 6.45) is 0. The first-order valence-corrected chi connectivity index (χ1v) is 8.47. The van der Waals surface area contributed by atoms with Crippen molar-refractivity contribution in [2.75, 3.05) is 13.2 Å². The average Bonchev–Trinajstić information content (AvgIpc) is 2.68. The van der Waals surface area contributed by atoms with Gasteiger partial charge < -0.3 is 14.2 Å². The Morgan fingerprint density at radius 3 is 1.85 bits per heavy atom. The number of rotatable bonds is 7. The number of halogens is 1. The molecule has 4 nitrogen and oxygen atoms in total. The van der Waals surface area contributed by atoms with Gasteiger partial charge in [-0.15, -0.1) is 0 Å². The second-order valence-electron chi connectivity index (χ2n) is 5.38. The summed E-state index contributed by atoms with van der Waals surface area (Å²) in [6, 6.07) is 22.9. The molecule has 0 heterocycles. The van der Waals surface area contributed by atoms with E-state index in [1.165, 1.54) is 0 Å². The third kappa shape index (κ3) is 5.26. The van der Waals surface area contributed by atoms with Crippen LogP contribution >= 0.6 is 11.6 Å². The van der Waals surface area contributed by atoms with Gasteiger partial charge in [0.25, 0.3) is 0 Å². The van der Waals surface area contributed by atoms with E-state index >= 15 is 0 Å². The van der Waals surface area contributed by atoms with Crippen molar-refractivity contribution in [1.82, 2.24) is 0 Å². The van der Waals surface area contributed by atoms with Gasteiger partial charge >= 0.3 is 5.97 Å². The maximum absolute atomic E-state index is 12.1. The number of ether oxygens (including phenoxy) is 3. The molecule has 0 fully saturated rings. The number of para-hydroxylation sites is 1. The average molecular weight is 369 g/mol. The minimum absolute atomic E-state index is 0.406. The molecule has 3 aromatic rings. The van der Waals surface area contributed by atoms with Gasteiger partial charge in [0.2, 0.25) is 0 Å². The predicted molar refractivity (Wildman–Crippen MR) is 100 cm³/mol. The molecule has 5 heteroatoms. The summed E-state index contributed by atoms with van der Waals surface area (Å²) in [6.45, 7) is 0.841. The van der Waals surface area contributed by atoms with Gasteiger partial charge in [-0.05, 0) is 60.7 Å². The Labute approximate surface area is 156 Å². The lowest BCUT2D eigenvalue weighted by Crippen LogP contribution is -2.10. The fourth-order valence-corrected chi connectivity index (χ4v) is 2.32. The Hall–Kier alpha value is -2.98. The Morgan fingerprint density at radius 1 is 0.692 bits per heavy atom. The van der Waals surface area contributed by atoms with E-state index in [0.717, 1.165) is 5.75 Å². The third-order valence-corrected chi connectivity index (χ3v) is 3.73. The van der Waals surface area contributed by atoms with E-state index < -0.39 is 5.97 Å². The van der Waals surface area contributed by atoms with Crippen LogP contribution < -0.4 is 14.2 Å². The molecule has 0 saturated heterocycles. The van der Waals surface area contributed by atoms with Crippen molar-refractivity contribution in [3.05, 3.63) is 89.4 Å². The van der Waals surface area contributed by atoms with Crippen LogP contribution in [-0.4, -0.2) is 19.2 Å².